The Morgan fingerprint density at radius 1 is 1.12 bits per heavy atom. The fourth-order valence-corrected chi connectivity index (χ4v) is 3.42. The molecule has 1 aromatic heterocycles. The number of carbonyl (C=O) groups excluding carboxylic acids is 2. The molecule has 2 heterocycles. The fraction of sp³-hybridized carbons (Fsp3) is 0.389. The molecular formula is C18H21N3O4S. The van der Waals surface area contributed by atoms with Gasteiger partial charge in [-0.2, -0.15) is 0 Å². The predicted molar refractivity (Wildman–Crippen MR) is 97.6 cm³/mol. The first-order valence-electron chi connectivity index (χ1n) is 8.33. The van der Waals surface area contributed by atoms with Crippen molar-refractivity contribution in [1.82, 2.24) is 14.8 Å². The van der Waals surface area contributed by atoms with Crippen molar-refractivity contribution in [2.24, 2.45) is 0 Å². The summed E-state index contributed by atoms with van der Waals surface area (Å²) in [6.07, 6.45) is 0. The van der Waals surface area contributed by atoms with Crippen LogP contribution in [0.4, 0.5) is 0 Å². The van der Waals surface area contributed by atoms with E-state index >= 15 is 0 Å². The Morgan fingerprint density at radius 2 is 1.77 bits per heavy atom. The van der Waals surface area contributed by atoms with Gasteiger partial charge >= 0.3 is 0 Å². The zero-order valence-electron chi connectivity index (χ0n) is 14.8. The Kier molecular flexibility index (Phi) is 5.72. The highest BCUT2D eigenvalue weighted by atomic mass is 32.1. The highest BCUT2D eigenvalue weighted by molar-refractivity contribution is 7.09. The molecule has 0 radical (unpaired) electrons. The molecule has 0 atom stereocenters. The van der Waals surface area contributed by atoms with Crippen LogP contribution in [0.3, 0.4) is 0 Å². The maximum atomic E-state index is 12.6. The van der Waals surface area contributed by atoms with E-state index in [9.17, 15) is 9.59 Å². The number of rotatable bonds is 5. The van der Waals surface area contributed by atoms with E-state index in [0.717, 1.165) is 5.01 Å². The number of hydrogen-bond acceptors (Lipinski definition) is 6. The molecule has 0 unspecified atom stereocenters. The van der Waals surface area contributed by atoms with Crippen molar-refractivity contribution in [1.29, 1.82) is 0 Å². The van der Waals surface area contributed by atoms with Crippen LogP contribution in [0.1, 0.15) is 22.4 Å². The number of amides is 2. The molecule has 2 amide bonds. The smallest absolute Gasteiger partial charge is 0.273 e. The van der Waals surface area contributed by atoms with Crippen molar-refractivity contribution in [2.75, 3.05) is 33.3 Å². The second-order valence-electron chi connectivity index (χ2n) is 5.86. The van der Waals surface area contributed by atoms with E-state index in [1.54, 1.807) is 29.2 Å². The molecule has 8 heteroatoms. The fourth-order valence-electron chi connectivity index (χ4n) is 2.74. The van der Waals surface area contributed by atoms with E-state index in [2.05, 4.69) is 4.98 Å². The van der Waals surface area contributed by atoms with Crippen LogP contribution in [-0.4, -0.2) is 59.9 Å². The molecule has 1 aromatic carbocycles. The summed E-state index contributed by atoms with van der Waals surface area (Å²) in [6.45, 7) is 4.01. The third kappa shape index (κ3) is 4.13. The largest absolute Gasteiger partial charge is 0.493 e. The number of para-hydroxylation sites is 2. The van der Waals surface area contributed by atoms with E-state index in [1.165, 1.54) is 11.3 Å². The SMILES string of the molecule is COc1ccccc1OCc1nc(C(=O)N2CCN(C(C)=O)CC2)cs1. The number of benzene rings is 1. The highest BCUT2D eigenvalue weighted by Gasteiger charge is 2.24. The normalized spacial score (nSPS) is 14.2. The minimum Gasteiger partial charge on any atom is -0.493 e. The Hall–Kier alpha value is -2.61. The zero-order valence-corrected chi connectivity index (χ0v) is 15.6. The van der Waals surface area contributed by atoms with Crippen LogP contribution in [0.25, 0.3) is 0 Å². The average molecular weight is 375 g/mol. The maximum absolute atomic E-state index is 12.6. The molecule has 0 spiro atoms. The van der Waals surface area contributed by atoms with Crippen LogP contribution < -0.4 is 9.47 Å². The van der Waals surface area contributed by atoms with Gasteiger partial charge in [-0.05, 0) is 12.1 Å². The van der Waals surface area contributed by atoms with E-state index in [1.807, 2.05) is 24.3 Å². The number of thiazole rings is 1. The van der Waals surface area contributed by atoms with Gasteiger partial charge in [0.1, 0.15) is 17.3 Å². The summed E-state index contributed by atoms with van der Waals surface area (Å²) in [7, 11) is 1.59. The van der Waals surface area contributed by atoms with Crippen LogP contribution in [0, 0.1) is 0 Å². The Balaban J connectivity index is 1.57. The number of piperazine rings is 1. The maximum Gasteiger partial charge on any atom is 0.273 e. The van der Waals surface area contributed by atoms with Crippen molar-refractivity contribution >= 4 is 23.2 Å². The number of hydrogen-bond donors (Lipinski definition) is 0. The molecule has 7 nitrogen and oxygen atoms in total. The second-order valence-corrected chi connectivity index (χ2v) is 6.81. The van der Waals surface area contributed by atoms with E-state index in [-0.39, 0.29) is 18.4 Å². The predicted octanol–water partition coefficient (Wildman–Crippen LogP) is 2.04. The lowest BCUT2D eigenvalue weighted by Crippen LogP contribution is -2.50. The van der Waals surface area contributed by atoms with Crippen LogP contribution in [-0.2, 0) is 11.4 Å². The van der Waals surface area contributed by atoms with Gasteiger partial charge in [-0.15, -0.1) is 11.3 Å². The summed E-state index contributed by atoms with van der Waals surface area (Å²) in [6, 6.07) is 7.40. The molecule has 1 fully saturated rings. The van der Waals surface area contributed by atoms with E-state index in [0.29, 0.717) is 43.4 Å². The van der Waals surface area contributed by atoms with Crippen LogP contribution in [0.15, 0.2) is 29.6 Å². The van der Waals surface area contributed by atoms with Crippen molar-refractivity contribution in [3.8, 4) is 11.5 Å². The van der Waals surface area contributed by atoms with Gasteiger partial charge in [-0.3, -0.25) is 9.59 Å². The molecule has 0 N–H and O–H groups in total. The molecule has 0 bridgehead atoms. The van der Waals surface area contributed by atoms with E-state index in [4.69, 9.17) is 9.47 Å². The lowest BCUT2D eigenvalue weighted by molar-refractivity contribution is -0.130. The van der Waals surface area contributed by atoms with Crippen molar-refractivity contribution in [3.05, 3.63) is 40.3 Å². The molecule has 1 aliphatic rings. The molecule has 1 saturated heterocycles. The van der Waals surface area contributed by atoms with Crippen LogP contribution in [0.2, 0.25) is 0 Å². The number of aromatic nitrogens is 1. The topological polar surface area (TPSA) is 72.0 Å². The minimum absolute atomic E-state index is 0.0431. The van der Waals surface area contributed by atoms with Crippen molar-refractivity contribution < 1.29 is 19.1 Å². The summed E-state index contributed by atoms with van der Waals surface area (Å²) in [5.41, 5.74) is 0.421. The summed E-state index contributed by atoms with van der Waals surface area (Å²) in [5.74, 6) is 1.23. The van der Waals surface area contributed by atoms with Gasteiger partial charge in [0, 0.05) is 38.5 Å². The lowest BCUT2D eigenvalue weighted by Gasteiger charge is -2.33. The van der Waals surface area contributed by atoms with Gasteiger partial charge < -0.3 is 19.3 Å². The van der Waals surface area contributed by atoms with Gasteiger partial charge in [0.05, 0.1) is 7.11 Å². The van der Waals surface area contributed by atoms with Crippen LogP contribution in [0.5, 0.6) is 11.5 Å². The standard InChI is InChI=1S/C18H21N3O4S/c1-13(22)20-7-9-21(10-8-20)18(23)14-12-26-17(19-14)11-25-16-6-4-3-5-15(16)24-2/h3-6,12H,7-11H2,1-2H3. The molecule has 2 aromatic rings. The van der Waals surface area contributed by atoms with Gasteiger partial charge in [0.15, 0.2) is 11.5 Å². The van der Waals surface area contributed by atoms with Crippen molar-refractivity contribution in [3.63, 3.8) is 0 Å². The highest BCUT2D eigenvalue weighted by Crippen LogP contribution is 2.27. The van der Waals surface area contributed by atoms with Gasteiger partial charge in [0.2, 0.25) is 5.91 Å². The van der Waals surface area contributed by atoms with Crippen molar-refractivity contribution in [2.45, 2.75) is 13.5 Å². The summed E-state index contributed by atoms with van der Waals surface area (Å²) >= 11 is 1.39. The molecule has 0 aliphatic carbocycles. The van der Waals surface area contributed by atoms with E-state index < -0.39 is 0 Å². The number of methoxy groups -OCH3 is 1. The summed E-state index contributed by atoms with van der Waals surface area (Å²) in [5, 5.41) is 2.47. The lowest BCUT2D eigenvalue weighted by atomic mass is 10.3. The van der Waals surface area contributed by atoms with Crippen LogP contribution >= 0.6 is 11.3 Å². The number of nitrogens with zero attached hydrogens (tertiary/aromatic N) is 3. The molecule has 0 saturated carbocycles. The molecule has 138 valence electrons. The average Bonchev–Trinajstić information content (AvgIpc) is 3.15. The first-order chi connectivity index (χ1) is 12.6. The zero-order chi connectivity index (χ0) is 18.5. The summed E-state index contributed by atoms with van der Waals surface area (Å²) < 4.78 is 11.0. The monoisotopic (exact) mass is 375 g/mol. The first kappa shape index (κ1) is 18.2. The Morgan fingerprint density at radius 3 is 2.42 bits per heavy atom. The molecule has 3 rings (SSSR count). The van der Waals surface area contributed by atoms with Gasteiger partial charge in [-0.25, -0.2) is 4.98 Å². The first-order valence-corrected chi connectivity index (χ1v) is 9.21. The number of carbonyl (C=O) groups is 2. The molecule has 1 aliphatic heterocycles. The Bertz CT molecular complexity index is 784. The molecule has 26 heavy (non-hydrogen) atoms. The second kappa shape index (κ2) is 8.18. The number of ether oxygens (including phenoxy) is 2. The minimum atomic E-state index is -0.104. The van der Waals surface area contributed by atoms with Gasteiger partial charge in [-0.1, -0.05) is 12.1 Å². The quantitative estimate of drug-likeness (QED) is 0.800. The van der Waals surface area contributed by atoms with Gasteiger partial charge in [0.25, 0.3) is 5.91 Å². The third-order valence-electron chi connectivity index (χ3n) is 4.20. The Labute approximate surface area is 156 Å². The summed E-state index contributed by atoms with van der Waals surface area (Å²) in [4.78, 5) is 31.8. The third-order valence-corrected chi connectivity index (χ3v) is 5.03. The molecular weight excluding hydrogens is 354 g/mol.